The van der Waals surface area contributed by atoms with Crippen LogP contribution in [0.2, 0.25) is 0 Å². The van der Waals surface area contributed by atoms with Gasteiger partial charge in [-0.05, 0) is 18.6 Å². The van der Waals surface area contributed by atoms with Crippen LogP contribution in [-0.4, -0.2) is 20.9 Å². The van der Waals surface area contributed by atoms with Crippen molar-refractivity contribution in [1.29, 1.82) is 0 Å². The van der Waals surface area contributed by atoms with Gasteiger partial charge in [0, 0.05) is 6.54 Å². The Morgan fingerprint density at radius 2 is 1.90 bits per heavy atom. The summed E-state index contributed by atoms with van der Waals surface area (Å²) in [6.07, 6.45) is 3.59. The van der Waals surface area contributed by atoms with Crippen molar-refractivity contribution in [2.24, 2.45) is 5.14 Å². The number of carbonyl (C=O) groups is 1. The van der Waals surface area contributed by atoms with Crippen molar-refractivity contribution >= 4 is 15.9 Å². The van der Waals surface area contributed by atoms with Crippen molar-refractivity contribution < 1.29 is 22.0 Å². The summed E-state index contributed by atoms with van der Waals surface area (Å²) in [6, 6.07) is 1.40. The number of sulfonamides is 1. The van der Waals surface area contributed by atoms with Gasteiger partial charge in [0.1, 0.15) is 16.3 Å². The van der Waals surface area contributed by atoms with Gasteiger partial charge in [-0.2, -0.15) is 0 Å². The van der Waals surface area contributed by atoms with Crippen molar-refractivity contribution in [2.45, 2.75) is 37.5 Å². The van der Waals surface area contributed by atoms with Gasteiger partial charge in [-0.3, -0.25) is 4.79 Å². The zero-order valence-corrected chi connectivity index (χ0v) is 12.5. The number of hydrogen-bond acceptors (Lipinski definition) is 3. The standard InChI is InChI=1S/C13H18F2N2O3S/c1-2-3-4-5-8-17-13(18)11-9(14)6-7-10(12(11)15)21(16,19)20/h6-7H,2-5,8H2,1H3,(H,17,18)(H2,16,19,20). The Kier molecular flexibility index (Phi) is 6.22. The molecule has 1 aromatic rings. The molecule has 1 aromatic carbocycles. The van der Waals surface area contributed by atoms with E-state index in [0.29, 0.717) is 18.6 Å². The Morgan fingerprint density at radius 1 is 1.24 bits per heavy atom. The number of unbranched alkanes of at least 4 members (excludes halogenated alkanes) is 3. The molecule has 0 saturated carbocycles. The molecule has 1 rings (SSSR count). The monoisotopic (exact) mass is 320 g/mol. The number of amides is 1. The minimum Gasteiger partial charge on any atom is -0.352 e. The second-order valence-corrected chi connectivity index (χ2v) is 6.13. The van der Waals surface area contributed by atoms with Gasteiger partial charge < -0.3 is 5.32 Å². The van der Waals surface area contributed by atoms with Crippen LogP contribution in [-0.2, 0) is 10.0 Å². The first-order chi connectivity index (χ1) is 9.79. The molecule has 0 aliphatic carbocycles. The van der Waals surface area contributed by atoms with Crippen LogP contribution in [0.25, 0.3) is 0 Å². The number of rotatable bonds is 7. The van der Waals surface area contributed by atoms with Gasteiger partial charge in [0.05, 0.1) is 0 Å². The molecule has 8 heteroatoms. The number of benzene rings is 1. The van der Waals surface area contributed by atoms with Gasteiger partial charge in [0.2, 0.25) is 10.0 Å². The van der Waals surface area contributed by atoms with Crippen LogP contribution < -0.4 is 10.5 Å². The summed E-state index contributed by atoms with van der Waals surface area (Å²) < 4.78 is 49.8. The largest absolute Gasteiger partial charge is 0.352 e. The molecule has 21 heavy (non-hydrogen) atoms. The SMILES string of the molecule is CCCCCCNC(=O)c1c(F)ccc(S(N)(=O)=O)c1F. The van der Waals surface area contributed by atoms with Crippen molar-refractivity contribution in [3.8, 4) is 0 Å². The number of carbonyl (C=O) groups excluding carboxylic acids is 1. The van der Waals surface area contributed by atoms with Crippen LogP contribution in [0.15, 0.2) is 17.0 Å². The first kappa shape index (κ1) is 17.5. The summed E-state index contributed by atoms with van der Waals surface area (Å²) in [5.74, 6) is -3.60. The highest BCUT2D eigenvalue weighted by Crippen LogP contribution is 2.20. The maximum Gasteiger partial charge on any atom is 0.257 e. The predicted molar refractivity (Wildman–Crippen MR) is 74.2 cm³/mol. The third-order valence-corrected chi connectivity index (χ3v) is 3.83. The van der Waals surface area contributed by atoms with Gasteiger partial charge in [-0.25, -0.2) is 22.3 Å². The lowest BCUT2D eigenvalue weighted by Gasteiger charge is -2.09. The Morgan fingerprint density at radius 3 is 2.48 bits per heavy atom. The van der Waals surface area contributed by atoms with Crippen LogP contribution in [0.1, 0.15) is 43.0 Å². The molecule has 0 radical (unpaired) electrons. The second kappa shape index (κ2) is 7.46. The molecule has 0 saturated heterocycles. The molecule has 0 bridgehead atoms. The molecule has 3 N–H and O–H groups in total. The van der Waals surface area contributed by atoms with Crippen molar-refractivity contribution in [3.63, 3.8) is 0 Å². The maximum atomic E-state index is 13.9. The highest BCUT2D eigenvalue weighted by Gasteiger charge is 2.24. The average molecular weight is 320 g/mol. The van der Waals surface area contributed by atoms with E-state index < -0.39 is 38.0 Å². The van der Waals surface area contributed by atoms with Gasteiger partial charge >= 0.3 is 0 Å². The molecule has 0 aliphatic rings. The maximum absolute atomic E-state index is 13.9. The number of nitrogens with one attached hydrogen (secondary N) is 1. The first-order valence-corrected chi connectivity index (χ1v) is 8.12. The summed E-state index contributed by atoms with van der Waals surface area (Å²) in [7, 11) is -4.36. The zero-order valence-electron chi connectivity index (χ0n) is 11.7. The van der Waals surface area contributed by atoms with E-state index in [1.807, 2.05) is 6.92 Å². The number of primary sulfonamides is 1. The highest BCUT2D eigenvalue weighted by atomic mass is 32.2. The van der Waals surface area contributed by atoms with Crippen LogP contribution in [0.5, 0.6) is 0 Å². The number of nitrogens with two attached hydrogens (primary N) is 1. The van der Waals surface area contributed by atoms with E-state index in [0.717, 1.165) is 19.3 Å². The lowest BCUT2D eigenvalue weighted by atomic mass is 10.1. The molecule has 1 amide bonds. The minimum atomic E-state index is -4.36. The van der Waals surface area contributed by atoms with E-state index in [1.165, 1.54) is 0 Å². The molecule has 5 nitrogen and oxygen atoms in total. The molecule has 0 spiro atoms. The number of halogens is 2. The van der Waals surface area contributed by atoms with Crippen LogP contribution in [0, 0.1) is 11.6 Å². The fourth-order valence-corrected chi connectivity index (χ4v) is 2.41. The summed E-state index contributed by atoms with van der Waals surface area (Å²) in [4.78, 5) is 10.9. The molecule has 0 heterocycles. The molecular weight excluding hydrogens is 302 g/mol. The Bertz CT molecular complexity index is 618. The van der Waals surface area contributed by atoms with Crippen LogP contribution >= 0.6 is 0 Å². The smallest absolute Gasteiger partial charge is 0.257 e. The van der Waals surface area contributed by atoms with E-state index in [4.69, 9.17) is 5.14 Å². The lowest BCUT2D eigenvalue weighted by Crippen LogP contribution is -2.27. The lowest BCUT2D eigenvalue weighted by molar-refractivity contribution is 0.0944. The third-order valence-electron chi connectivity index (χ3n) is 2.91. The molecular formula is C13H18F2N2O3S. The normalized spacial score (nSPS) is 11.4. The Hall–Kier alpha value is -1.54. The zero-order chi connectivity index (χ0) is 16.0. The van der Waals surface area contributed by atoms with E-state index in [9.17, 15) is 22.0 Å². The molecule has 0 unspecified atom stereocenters. The van der Waals surface area contributed by atoms with Gasteiger partial charge in [-0.1, -0.05) is 26.2 Å². The van der Waals surface area contributed by atoms with E-state index in [2.05, 4.69) is 5.32 Å². The quantitative estimate of drug-likeness (QED) is 0.752. The summed E-state index contributed by atoms with van der Waals surface area (Å²) in [6.45, 7) is 2.29. The first-order valence-electron chi connectivity index (χ1n) is 6.58. The van der Waals surface area contributed by atoms with E-state index in [1.54, 1.807) is 0 Å². The Labute approximate surface area is 122 Å². The second-order valence-electron chi connectivity index (χ2n) is 4.60. The summed E-state index contributed by atoms with van der Waals surface area (Å²) >= 11 is 0. The molecule has 0 aromatic heterocycles. The fourth-order valence-electron chi connectivity index (χ4n) is 1.80. The van der Waals surface area contributed by atoms with Gasteiger partial charge in [0.15, 0.2) is 5.82 Å². The topological polar surface area (TPSA) is 89.3 Å². The van der Waals surface area contributed by atoms with Gasteiger partial charge in [0.25, 0.3) is 5.91 Å². The van der Waals surface area contributed by atoms with E-state index >= 15 is 0 Å². The summed E-state index contributed by atoms with van der Waals surface area (Å²) in [5.41, 5.74) is -0.933. The van der Waals surface area contributed by atoms with Crippen molar-refractivity contribution in [1.82, 2.24) is 5.32 Å². The Balaban J connectivity index is 2.89. The van der Waals surface area contributed by atoms with E-state index in [-0.39, 0.29) is 6.54 Å². The molecule has 0 aliphatic heterocycles. The average Bonchev–Trinajstić information content (AvgIpc) is 2.37. The number of hydrogen-bond donors (Lipinski definition) is 2. The van der Waals surface area contributed by atoms with Crippen molar-refractivity contribution in [3.05, 3.63) is 29.3 Å². The molecule has 0 atom stereocenters. The van der Waals surface area contributed by atoms with Crippen molar-refractivity contribution in [2.75, 3.05) is 6.54 Å². The summed E-state index contributed by atoms with van der Waals surface area (Å²) in [5, 5.41) is 7.17. The van der Waals surface area contributed by atoms with Crippen LogP contribution in [0.3, 0.4) is 0 Å². The highest BCUT2D eigenvalue weighted by molar-refractivity contribution is 7.89. The minimum absolute atomic E-state index is 0.261. The third kappa shape index (κ3) is 4.75. The predicted octanol–water partition coefficient (Wildman–Crippen LogP) is 1.92. The van der Waals surface area contributed by atoms with Crippen LogP contribution in [0.4, 0.5) is 8.78 Å². The molecule has 0 fully saturated rings. The fraction of sp³-hybridized carbons (Fsp3) is 0.462. The molecule has 118 valence electrons. The van der Waals surface area contributed by atoms with Gasteiger partial charge in [-0.15, -0.1) is 0 Å².